The molecule has 0 aromatic heterocycles. The third-order valence-corrected chi connectivity index (χ3v) is 9.03. The second kappa shape index (κ2) is 8.89. The number of hydrogen-bond acceptors (Lipinski definition) is 7. The van der Waals surface area contributed by atoms with E-state index in [0.29, 0.717) is 26.2 Å². The molecule has 2 atom stereocenters. The smallest absolute Gasteiger partial charge is 0.187 e. The lowest BCUT2D eigenvalue weighted by molar-refractivity contribution is 0.144. The highest BCUT2D eigenvalue weighted by molar-refractivity contribution is 7.96. The molecular formula is C18H29NO6S2. The number of sulfone groups is 2. The highest BCUT2D eigenvalue weighted by Gasteiger charge is 2.46. The van der Waals surface area contributed by atoms with Crippen molar-refractivity contribution < 1.29 is 26.3 Å². The Hall–Kier alpha value is -1.16. The topological polar surface area (TPSA) is 98.8 Å². The SMILES string of the molecule is CCOCCCN[C@H]1CS(=O)(=O)C[C@@H]1S(=O)(=O)c1cc(C)c(C)cc1OC. The van der Waals surface area contributed by atoms with Gasteiger partial charge in [-0.15, -0.1) is 0 Å². The van der Waals surface area contributed by atoms with Crippen molar-refractivity contribution in [2.45, 2.75) is 43.4 Å². The minimum atomic E-state index is -3.89. The summed E-state index contributed by atoms with van der Waals surface area (Å²) in [6, 6.07) is 2.60. The Bertz CT molecular complexity index is 864. The normalized spacial score (nSPS) is 22.1. The van der Waals surface area contributed by atoms with Crippen LogP contribution in [0.2, 0.25) is 0 Å². The lowest BCUT2D eigenvalue weighted by Gasteiger charge is -2.21. The van der Waals surface area contributed by atoms with Crippen molar-refractivity contribution in [1.82, 2.24) is 5.32 Å². The fraction of sp³-hybridized carbons (Fsp3) is 0.667. The summed E-state index contributed by atoms with van der Waals surface area (Å²) in [5, 5.41) is 2.07. The molecule has 1 aromatic carbocycles. The standard InChI is InChI=1S/C18H29NO6S2/c1-5-25-8-6-7-19-15-11-26(20,21)12-18(15)27(22,23)17-10-14(3)13(2)9-16(17)24-4/h9-10,15,18-19H,5-8,11-12H2,1-4H3/t15-,18-/m0/s1. The van der Waals surface area contributed by atoms with E-state index in [9.17, 15) is 16.8 Å². The zero-order valence-electron chi connectivity index (χ0n) is 16.3. The fourth-order valence-corrected chi connectivity index (χ4v) is 8.17. The maximum absolute atomic E-state index is 13.3. The highest BCUT2D eigenvalue weighted by atomic mass is 32.2. The summed E-state index contributed by atoms with van der Waals surface area (Å²) in [6.45, 7) is 7.25. The first-order chi connectivity index (χ1) is 12.6. The van der Waals surface area contributed by atoms with Crippen LogP contribution >= 0.6 is 0 Å². The molecule has 1 aromatic rings. The first kappa shape index (κ1) is 22.1. The van der Waals surface area contributed by atoms with Gasteiger partial charge < -0.3 is 14.8 Å². The maximum Gasteiger partial charge on any atom is 0.187 e. The van der Waals surface area contributed by atoms with Gasteiger partial charge in [-0.1, -0.05) is 0 Å². The number of nitrogens with one attached hydrogen (secondary N) is 1. The van der Waals surface area contributed by atoms with E-state index in [2.05, 4.69) is 5.32 Å². The van der Waals surface area contributed by atoms with Crippen LogP contribution < -0.4 is 10.1 Å². The maximum atomic E-state index is 13.3. The molecule has 0 bridgehead atoms. The van der Waals surface area contributed by atoms with Crippen LogP contribution in [0.25, 0.3) is 0 Å². The molecule has 0 radical (unpaired) electrons. The summed E-state index contributed by atoms with van der Waals surface area (Å²) in [7, 11) is -5.91. The van der Waals surface area contributed by atoms with Crippen molar-refractivity contribution in [1.29, 1.82) is 0 Å². The molecule has 1 aliphatic rings. The van der Waals surface area contributed by atoms with Gasteiger partial charge in [0.25, 0.3) is 0 Å². The summed E-state index contributed by atoms with van der Waals surface area (Å²) in [5.41, 5.74) is 1.73. The second-order valence-corrected chi connectivity index (χ2v) is 11.1. The molecule has 0 saturated carbocycles. The van der Waals surface area contributed by atoms with E-state index >= 15 is 0 Å². The predicted molar refractivity (Wildman–Crippen MR) is 105 cm³/mol. The monoisotopic (exact) mass is 419 g/mol. The summed E-state index contributed by atoms with van der Waals surface area (Å²) < 4.78 is 61.5. The highest BCUT2D eigenvalue weighted by Crippen LogP contribution is 2.33. The zero-order valence-corrected chi connectivity index (χ0v) is 18.0. The Labute approximate surface area is 162 Å². The number of methoxy groups -OCH3 is 1. The van der Waals surface area contributed by atoms with Gasteiger partial charge in [0.15, 0.2) is 19.7 Å². The van der Waals surface area contributed by atoms with E-state index < -0.39 is 31.0 Å². The van der Waals surface area contributed by atoms with Crippen LogP contribution in [0.3, 0.4) is 0 Å². The van der Waals surface area contributed by atoms with Crippen molar-refractivity contribution in [2.24, 2.45) is 0 Å². The van der Waals surface area contributed by atoms with Crippen LogP contribution in [0.15, 0.2) is 17.0 Å². The molecule has 1 heterocycles. The first-order valence-electron chi connectivity index (χ1n) is 9.03. The molecule has 9 heteroatoms. The van der Waals surface area contributed by atoms with Gasteiger partial charge in [0, 0.05) is 19.3 Å². The zero-order chi connectivity index (χ0) is 20.2. The summed E-state index contributed by atoms with van der Waals surface area (Å²) in [4.78, 5) is 0.0521. The molecule has 2 rings (SSSR count). The number of hydrogen-bond donors (Lipinski definition) is 1. The molecule has 0 spiro atoms. The van der Waals surface area contributed by atoms with Gasteiger partial charge in [0.2, 0.25) is 0 Å². The van der Waals surface area contributed by atoms with E-state index in [4.69, 9.17) is 9.47 Å². The molecule has 1 fully saturated rings. The Balaban J connectivity index is 2.30. The van der Waals surface area contributed by atoms with E-state index in [1.54, 1.807) is 12.1 Å². The molecule has 1 aliphatic heterocycles. The largest absolute Gasteiger partial charge is 0.495 e. The van der Waals surface area contributed by atoms with Gasteiger partial charge in [0.05, 0.1) is 23.9 Å². The van der Waals surface area contributed by atoms with Crippen LogP contribution in [0.4, 0.5) is 0 Å². The Morgan fingerprint density at radius 1 is 1.19 bits per heavy atom. The number of aryl methyl sites for hydroxylation is 2. The predicted octanol–water partition coefficient (Wildman–Crippen LogP) is 1.27. The van der Waals surface area contributed by atoms with Crippen LogP contribution in [0.5, 0.6) is 5.75 Å². The molecule has 27 heavy (non-hydrogen) atoms. The number of rotatable bonds is 9. The Kier molecular flexibility index (Phi) is 7.29. The minimum Gasteiger partial charge on any atom is -0.495 e. The van der Waals surface area contributed by atoms with Crippen molar-refractivity contribution >= 4 is 19.7 Å². The Morgan fingerprint density at radius 2 is 1.85 bits per heavy atom. The van der Waals surface area contributed by atoms with Crippen molar-refractivity contribution in [3.63, 3.8) is 0 Å². The molecule has 0 aliphatic carbocycles. The van der Waals surface area contributed by atoms with Crippen LogP contribution in [-0.2, 0) is 24.4 Å². The van der Waals surface area contributed by atoms with Crippen LogP contribution in [-0.4, -0.2) is 66.5 Å². The fourth-order valence-electron chi connectivity index (χ4n) is 3.23. The Morgan fingerprint density at radius 3 is 2.48 bits per heavy atom. The van der Waals surface area contributed by atoms with Gasteiger partial charge in [0.1, 0.15) is 10.6 Å². The van der Waals surface area contributed by atoms with Crippen molar-refractivity contribution in [2.75, 3.05) is 38.4 Å². The third-order valence-electron chi connectivity index (χ3n) is 4.86. The first-order valence-corrected chi connectivity index (χ1v) is 12.4. The minimum absolute atomic E-state index is 0.0521. The lowest BCUT2D eigenvalue weighted by Crippen LogP contribution is -2.44. The summed E-state index contributed by atoms with van der Waals surface area (Å²) in [5.74, 6) is -0.315. The molecular weight excluding hydrogens is 390 g/mol. The quantitative estimate of drug-likeness (QED) is 0.602. The van der Waals surface area contributed by atoms with Gasteiger partial charge in [-0.2, -0.15) is 0 Å². The molecule has 0 amide bonds. The van der Waals surface area contributed by atoms with Gasteiger partial charge in [-0.05, 0) is 57.0 Å². The van der Waals surface area contributed by atoms with Crippen molar-refractivity contribution in [3.8, 4) is 5.75 Å². The molecule has 1 saturated heterocycles. The van der Waals surface area contributed by atoms with Crippen molar-refractivity contribution in [3.05, 3.63) is 23.3 Å². The van der Waals surface area contributed by atoms with Gasteiger partial charge in [-0.3, -0.25) is 0 Å². The lowest BCUT2D eigenvalue weighted by atomic mass is 10.1. The molecule has 7 nitrogen and oxygen atoms in total. The second-order valence-electron chi connectivity index (χ2n) is 6.86. The van der Waals surface area contributed by atoms with Gasteiger partial charge in [-0.25, -0.2) is 16.8 Å². The van der Waals surface area contributed by atoms with E-state index in [0.717, 1.165) is 11.1 Å². The number of benzene rings is 1. The molecule has 1 N–H and O–H groups in total. The molecule has 154 valence electrons. The van der Waals surface area contributed by atoms with Crippen LogP contribution in [0, 0.1) is 13.8 Å². The van der Waals surface area contributed by atoms with Gasteiger partial charge >= 0.3 is 0 Å². The summed E-state index contributed by atoms with van der Waals surface area (Å²) >= 11 is 0. The number of ether oxygens (including phenoxy) is 2. The average molecular weight is 420 g/mol. The van der Waals surface area contributed by atoms with E-state index in [1.165, 1.54) is 7.11 Å². The van der Waals surface area contributed by atoms with Crippen LogP contribution in [0.1, 0.15) is 24.5 Å². The summed E-state index contributed by atoms with van der Waals surface area (Å²) in [6.07, 6.45) is 0.685. The third kappa shape index (κ3) is 5.22. The van der Waals surface area contributed by atoms with E-state index in [-0.39, 0.29) is 22.2 Å². The molecule has 0 unspecified atom stereocenters. The van der Waals surface area contributed by atoms with E-state index in [1.807, 2.05) is 20.8 Å². The average Bonchev–Trinajstić information content (AvgIpc) is 2.92.